The number of aromatic nitrogens is 2. The minimum Gasteiger partial charge on any atom is -0.348 e. The third kappa shape index (κ3) is 4.89. The van der Waals surface area contributed by atoms with Gasteiger partial charge < -0.3 is 9.88 Å². The molecule has 2 aliphatic heterocycles. The quantitative estimate of drug-likeness (QED) is 0.746. The number of carbonyl (C=O) groups excluding carboxylic acids is 1. The van der Waals surface area contributed by atoms with Crippen LogP contribution in [0.3, 0.4) is 0 Å². The molecule has 0 bridgehead atoms. The van der Waals surface area contributed by atoms with Crippen LogP contribution in [0.2, 0.25) is 0 Å². The van der Waals surface area contributed by atoms with Crippen LogP contribution in [-0.4, -0.2) is 57.4 Å². The van der Waals surface area contributed by atoms with E-state index in [1.165, 1.54) is 11.1 Å². The molecule has 0 saturated carbocycles. The smallest absolute Gasteiger partial charge is 0.228 e. The van der Waals surface area contributed by atoms with Gasteiger partial charge in [0.05, 0.1) is 18.4 Å². The van der Waals surface area contributed by atoms with Crippen LogP contribution >= 0.6 is 0 Å². The van der Waals surface area contributed by atoms with Gasteiger partial charge in [0.15, 0.2) is 0 Å². The van der Waals surface area contributed by atoms with E-state index in [2.05, 4.69) is 52.7 Å². The van der Waals surface area contributed by atoms with Gasteiger partial charge in [0.2, 0.25) is 5.91 Å². The van der Waals surface area contributed by atoms with Crippen LogP contribution in [0.25, 0.3) is 0 Å². The summed E-state index contributed by atoms with van der Waals surface area (Å²) >= 11 is 0. The molecule has 2 atom stereocenters. The highest BCUT2D eigenvalue weighted by Gasteiger charge is 2.43. The van der Waals surface area contributed by atoms with Gasteiger partial charge in [0, 0.05) is 37.4 Å². The second kappa shape index (κ2) is 8.87. The summed E-state index contributed by atoms with van der Waals surface area (Å²) in [4.78, 5) is 24.8. The number of likely N-dealkylation sites (tertiary alicyclic amines) is 2. The molecule has 5 heteroatoms. The van der Waals surface area contributed by atoms with Crippen LogP contribution in [0.15, 0.2) is 29.6 Å². The van der Waals surface area contributed by atoms with Crippen LogP contribution in [0, 0.1) is 6.92 Å². The van der Waals surface area contributed by atoms with Crippen molar-refractivity contribution in [2.45, 2.75) is 71.9 Å². The van der Waals surface area contributed by atoms with Crippen LogP contribution < -0.4 is 0 Å². The highest BCUT2D eigenvalue weighted by molar-refractivity contribution is 5.79. The Kier molecular flexibility index (Phi) is 6.53. The lowest BCUT2D eigenvalue weighted by atomic mass is 10.1. The highest BCUT2D eigenvalue weighted by Crippen LogP contribution is 2.32. The fourth-order valence-corrected chi connectivity index (χ4v) is 4.39. The maximum absolute atomic E-state index is 12.8. The Labute approximate surface area is 163 Å². The second-order valence-electron chi connectivity index (χ2n) is 8.32. The average Bonchev–Trinajstić information content (AvgIpc) is 3.30. The van der Waals surface area contributed by atoms with Crippen molar-refractivity contribution < 1.29 is 4.79 Å². The molecule has 0 aromatic carbocycles. The molecule has 3 heterocycles. The summed E-state index contributed by atoms with van der Waals surface area (Å²) in [7, 11) is 0. The molecule has 1 aromatic heterocycles. The van der Waals surface area contributed by atoms with E-state index in [1.54, 1.807) is 6.33 Å². The third-order valence-corrected chi connectivity index (χ3v) is 6.03. The van der Waals surface area contributed by atoms with E-state index >= 15 is 0 Å². The van der Waals surface area contributed by atoms with Crippen molar-refractivity contribution in [3.8, 4) is 0 Å². The van der Waals surface area contributed by atoms with Gasteiger partial charge in [-0.25, -0.2) is 4.98 Å². The molecule has 2 aliphatic rings. The van der Waals surface area contributed by atoms with Gasteiger partial charge in [-0.3, -0.25) is 9.69 Å². The SMILES string of the molecule is CC(C)=CCC/C(C)=C/CN1CC[C@H]2[C@@H]1CCN2C(=O)Cc1nc[nH]c1C. The van der Waals surface area contributed by atoms with Crippen molar-refractivity contribution in [3.05, 3.63) is 41.0 Å². The molecule has 3 rings (SSSR count). The molecule has 5 nitrogen and oxygen atoms in total. The number of aromatic amines is 1. The normalized spacial score (nSPS) is 23.0. The first-order chi connectivity index (χ1) is 13.0. The first-order valence-corrected chi connectivity index (χ1v) is 10.3. The van der Waals surface area contributed by atoms with Crippen LogP contribution in [0.4, 0.5) is 0 Å². The Hall–Kier alpha value is -1.88. The Balaban J connectivity index is 1.51. The summed E-state index contributed by atoms with van der Waals surface area (Å²) < 4.78 is 0. The molecule has 1 amide bonds. The first-order valence-electron chi connectivity index (χ1n) is 10.3. The maximum atomic E-state index is 12.8. The summed E-state index contributed by atoms with van der Waals surface area (Å²) in [6, 6.07) is 0.909. The van der Waals surface area contributed by atoms with Gasteiger partial charge in [-0.1, -0.05) is 23.3 Å². The number of H-pyrrole nitrogens is 1. The van der Waals surface area contributed by atoms with Crippen LogP contribution in [0.1, 0.15) is 57.8 Å². The number of fused-ring (bicyclic) bond motifs is 1. The number of hydrogen-bond acceptors (Lipinski definition) is 3. The van der Waals surface area contributed by atoms with Crippen molar-refractivity contribution in [1.29, 1.82) is 0 Å². The Bertz CT molecular complexity index is 714. The van der Waals surface area contributed by atoms with Gasteiger partial charge in [-0.15, -0.1) is 0 Å². The number of carbonyl (C=O) groups is 1. The number of nitrogens with zero attached hydrogens (tertiary/aromatic N) is 3. The zero-order chi connectivity index (χ0) is 19.4. The molecule has 0 spiro atoms. The minimum absolute atomic E-state index is 0.230. The first kappa shape index (κ1) is 19.9. The summed E-state index contributed by atoms with van der Waals surface area (Å²) in [5.74, 6) is 0.230. The van der Waals surface area contributed by atoms with Gasteiger partial charge >= 0.3 is 0 Å². The summed E-state index contributed by atoms with van der Waals surface area (Å²) in [5, 5.41) is 0. The van der Waals surface area contributed by atoms with E-state index in [0.717, 1.165) is 56.7 Å². The molecule has 0 aliphatic carbocycles. The topological polar surface area (TPSA) is 52.2 Å². The van der Waals surface area contributed by atoms with Gasteiger partial charge in [-0.2, -0.15) is 0 Å². The predicted molar refractivity (Wildman–Crippen MR) is 110 cm³/mol. The lowest BCUT2D eigenvalue weighted by molar-refractivity contribution is -0.131. The van der Waals surface area contributed by atoms with Gasteiger partial charge in [-0.05, 0) is 53.4 Å². The minimum atomic E-state index is 0.230. The van der Waals surface area contributed by atoms with Gasteiger partial charge in [0.25, 0.3) is 0 Å². The van der Waals surface area contributed by atoms with E-state index < -0.39 is 0 Å². The molecule has 1 N–H and O–H groups in total. The van der Waals surface area contributed by atoms with E-state index in [1.807, 2.05) is 6.92 Å². The second-order valence-corrected chi connectivity index (χ2v) is 8.32. The molecule has 1 aromatic rings. The van der Waals surface area contributed by atoms with Crippen molar-refractivity contribution in [2.24, 2.45) is 0 Å². The number of rotatable bonds is 7. The molecule has 2 saturated heterocycles. The third-order valence-electron chi connectivity index (χ3n) is 6.03. The van der Waals surface area contributed by atoms with Crippen molar-refractivity contribution in [1.82, 2.24) is 19.8 Å². The van der Waals surface area contributed by atoms with E-state index in [0.29, 0.717) is 18.5 Å². The van der Waals surface area contributed by atoms with Crippen LogP contribution in [-0.2, 0) is 11.2 Å². The maximum Gasteiger partial charge on any atom is 0.228 e. The Morgan fingerprint density at radius 1 is 1.22 bits per heavy atom. The van der Waals surface area contributed by atoms with Crippen molar-refractivity contribution in [3.63, 3.8) is 0 Å². The van der Waals surface area contributed by atoms with Gasteiger partial charge in [0.1, 0.15) is 0 Å². The highest BCUT2D eigenvalue weighted by atomic mass is 16.2. The Morgan fingerprint density at radius 3 is 2.70 bits per heavy atom. The largest absolute Gasteiger partial charge is 0.348 e. The van der Waals surface area contributed by atoms with E-state index in [9.17, 15) is 4.79 Å². The monoisotopic (exact) mass is 370 g/mol. The fraction of sp³-hybridized carbons (Fsp3) is 0.636. The zero-order valence-electron chi connectivity index (χ0n) is 17.3. The van der Waals surface area contributed by atoms with Crippen molar-refractivity contribution >= 4 is 5.91 Å². The number of nitrogens with one attached hydrogen (secondary N) is 1. The Morgan fingerprint density at radius 2 is 2.00 bits per heavy atom. The standard InChI is InChI=1S/C22H34N4O/c1-16(2)6-5-7-17(3)8-11-25-12-9-21-20(25)10-13-26(21)22(27)14-19-18(4)23-15-24-19/h6,8,15,20-21H,5,7,9-14H2,1-4H3,(H,23,24)/b17-8+/t20-,21-/m0/s1. The van der Waals surface area contributed by atoms with Crippen LogP contribution in [0.5, 0.6) is 0 Å². The molecule has 0 unspecified atom stereocenters. The average molecular weight is 371 g/mol. The van der Waals surface area contributed by atoms with Crippen molar-refractivity contribution in [2.75, 3.05) is 19.6 Å². The molecule has 148 valence electrons. The lowest BCUT2D eigenvalue weighted by Crippen LogP contribution is -2.40. The summed E-state index contributed by atoms with van der Waals surface area (Å²) in [6.45, 7) is 11.5. The molecular formula is C22H34N4O. The number of imidazole rings is 1. The number of allylic oxidation sites excluding steroid dienone is 3. The summed E-state index contributed by atoms with van der Waals surface area (Å²) in [5.41, 5.74) is 4.75. The molecule has 27 heavy (non-hydrogen) atoms. The number of amides is 1. The zero-order valence-corrected chi connectivity index (χ0v) is 17.3. The molecular weight excluding hydrogens is 336 g/mol. The predicted octanol–water partition coefficient (Wildman–Crippen LogP) is 3.63. The number of hydrogen-bond donors (Lipinski definition) is 1. The molecule has 2 fully saturated rings. The summed E-state index contributed by atoms with van der Waals surface area (Å²) in [6.07, 6.45) is 11.3. The lowest BCUT2D eigenvalue weighted by Gasteiger charge is -2.25. The number of aryl methyl sites for hydroxylation is 1. The van der Waals surface area contributed by atoms with E-state index in [4.69, 9.17) is 0 Å². The van der Waals surface area contributed by atoms with E-state index in [-0.39, 0.29) is 5.91 Å². The fourth-order valence-electron chi connectivity index (χ4n) is 4.39. The molecule has 0 radical (unpaired) electrons.